The van der Waals surface area contributed by atoms with Gasteiger partial charge in [0.25, 0.3) is 0 Å². The van der Waals surface area contributed by atoms with Crippen molar-refractivity contribution in [3.8, 4) is 0 Å². The van der Waals surface area contributed by atoms with Crippen molar-refractivity contribution in [2.45, 2.75) is 43.3 Å². The van der Waals surface area contributed by atoms with Crippen molar-refractivity contribution in [3.05, 3.63) is 0 Å². The van der Waals surface area contributed by atoms with Crippen LogP contribution >= 0.6 is 11.8 Å². The van der Waals surface area contributed by atoms with Crippen LogP contribution in [-0.4, -0.2) is 44.3 Å². The monoisotopic (exact) mass is 307 g/mol. The summed E-state index contributed by atoms with van der Waals surface area (Å²) in [4.78, 5) is 18.8. The lowest BCUT2D eigenvalue weighted by atomic mass is 9.68. The van der Waals surface area contributed by atoms with Crippen LogP contribution in [0.3, 0.4) is 0 Å². The maximum absolute atomic E-state index is 12.6. The Bertz CT molecular complexity index is 533. The lowest BCUT2D eigenvalue weighted by Crippen LogP contribution is -2.43. The number of nitrogens with two attached hydrogens (primary N) is 1. The van der Waals surface area contributed by atoms with E-state index in [1.807, 2.05) is 0 Å². The minimum absolute atomic E-state index is 0.238. The summed E-state index contributed by atoms with van der Waals surface area (Å²) < 4.78 is 0. The normalized spacial score (nSPS) is 34.2. The van der Waals surface area contributed by atoms with Crippen LogP contribution in [0.1, 0.15) is 32.1 Å². The fourth-order valence-electron chi connectivity index (χ4n) is 4.62. The molecule has 3 heterocycles. The van der Waals surface area contributed by atoms with Gasteiger partial charge in [-0.05, 0) is 49.9 Å². The van der Waals surface area contributed by atoms with Gasteiger partial charge in [0.1, 0.15) is 0 Å². The van der Waals surface area contributed by atoms with Gasteiger partial charge in [0.15, 0.2) is 0 Å². The zero-order valence-electron chi connectivity index (χ0n) is 12.0. The number of rotatable bonds is 3. The topological polar surface area (TPSA) is 87.9 Å². The van der Waals surface area contributed by atoms with Crippen LogP contribution in [0.25, 0.3) is 0 Å². The van der Waals surface area contributed by atoms with Crippen molar-refractivity contribution < 1.29 is 4.79 Å². The first-order valence-electron chi connectivity index (χ1n) is 7.77. The predicted octanol–water partition coefficient (Wildman–Crippen LogP) is 1.52. The molecule has 1 aromatic heterocycles. The van der Waals surface area contributed by atoms with E-state index >= 15 is 0 Å². The number of aromatic amines is 1. The molecule has 7 heteroatoms. The van der Waals surface area contributed by atoms with Gasteiger partial charge in [-0.25, -0.2) is 5.10 Å². The third-order valence-corrected chi connectivity index (χ3v) is 6.07. The van der Waals surface area contributed by atoms with Gasteiger partial charge in [-0.15, -0.1) is 5.10 Å². The van der Waals surface area contributed by atoms with Crippen molar-refractivity contribution in [1.82, 2.24) is 20.1 Å². The third-order valence-electron chi connectivity index (χ3n) is 5.23. The average molecular weight is 307 g/mol. The summed E-state index contributed by atoms with van der Waals surface area (Å²) in [5.74, 6) is 3.42. The Balaban J connectivity index is 1.42. The van der Waals surface area contributed by atoms with Crippen LogP contribution in [0, 0.1) is 17.8 Å². The summed E-state index contributed by atoms with van der Waals surface area (Å²) in [5, 5.41) is 7.13. The highest BCUT2D eigenvalue weighted by Gasteiger charge is 2.43. The molecule has 3 N–H and O–H groups in total. The number of nitrogens with one attached hydrogen (secondary N) is 1. The molecule has 1 aromatic rings. The molecule has 2 unspecified atom stereocenters. The SMILES string of the molecule is Nc1nc(SCC(=O)N2CC3CC4CC(C3)CC2C4)n[nH]1. The number of hydrogen-bond donors (Lipinski definition) is 2. The molecule has 0 spiro atoms. The highest BCUT2D eigenvalue weighted by molar-refractivity contribution is 7.99. The maximum atomic E-state index is 12.6. The minimum Gasteiger partial charge on any atom is -0.368 e. The summed E-state index contributed by atoms with van der Waals surface area (Å²) in [5.41, 5.74) is 5.50. The number of thioether (sulfide) groups is 1. The van der Waals surface area contributed by atoms with Crippen molar-refractivity contribution in [2.75, 3.05) is 18.0 Å². The van der Waals surface area contributed by atoms with Crippen LogP contribution in [0.5, 0.6) is 0 Å². The molecule has 2 saturated carbocycles. The van der Waals surface area contributed by atoms with Crippen LogP contribution in [0.15, 0.2) is 5.16 Å². The smallest absolute Gasteiger partial charge is 0.233 e. The summed E-state index contributed by atoms with van der Waals surface area (Å²) >= 11 is 1.37. The van der Waals surface area contributed by atoms with Crippen LogP contribution in [0.4, 0.5) is 5.95 Å². The first-order valence-corrected chi connectivity index (χ1v) is 8.76. The van der Waals surface area contributed by atoms with Crippen molar-refractivity contribution >= 4 is 23.6 Å². The fourth-order valence-corrected chi connectivity index (χ4v) is 5.31. The molecular weight excluding hydrogens is 286 g/mol. The molecule has 114 valence electrons. The zero-order valence-corrected chi connectivity index (χ0v) is 12.8. The number of H-pyrrole nitrogens is 1. The zero-order chi connectivity index (χ0) is 14.4. The van der Waals surface area contributed by atoms with E-state index in [2.05, 4.69) is 20.1 Å². The standard InChI is InChI=1S/C14H21N5OS/c15-13-16-14(18-17-13)21-7-12(20)19-6-10-2-8-1-9(3-10)5-11(19)4-8/h8-11H,1-7H2,(H3,15,16,17,18). The molecule has 21 heavy (non-hydrogen) atoms. The number of carbonyl (C=O) groups excluding carboxylic acids is 1. The molecule has 2 aliphatic carbocycles. The highest BCUT2D eigenvalue weighted by atomic mass is 32.2. The summed E-state index contributed by atoms with van der Waals surface area (Å²) in [6.45, 7) is 0.965. The maximum Gasteiger partial charge on any atom is 0.233 e. The molecule has 5 rings (SSSR count). The first kappa shape index (κ1) is 13.4. The Morgan fingerprint density at radius 2 is 1.95 bits per heavy atom. The minimum atomic E-state index is 0.238. The van der Waals surface area contributed by atoms with E-state index in [-0.39, 0.29) is 5.91 Å². The lowest BCUT2D eigenvalue weighted by molar-refractivity contribution is -0.131. The Kier molecular flexibility index (Phi) is 3.32. The van der Waals surface area contributed by atoms with Crippen LogP contribution < -0.4 is 5.73 Å². The second kappa shape index (κ2) is 5.19. The molecule has 4 aliphatic rings. The van der Waals surface area contributed by atoms with Crippen LogP contribution in [0.2, 0.25) is 0 Å². The van der Waals surface area contributed by atoms with Gasteiger partial charge in [-0.1, -0.05) is 11.8 Å². The van der Waals surface area contributed by atoms with E-state index in [9.17, 15) is 4.79 Å². The predicted molar refractivity (Wildman–Crippen MR) is 80.6 cm³/mol. The summed E-state index contributed by atoms with van der Waals surface area (Å²) in [6.07, 6.45) is 6.51. The Morgan fingerprint density at radius 1 is 1.24 bits per heavy atom. The molecule has 0 radical (unpaired) electrons. The Labute approximate surface area is 128 Å². The number of aromatic nitrogens is 3. The van der Waals surface area contributed by atoms with Gasteiger partial charge in [0.05, 0.1) is 5.75 Å². The van der Waals surface area contributed by atoms with Gasteiger partial charge in [0.2, 0.25) is 17.0 Å². The van der Waals surface area contributed by atoms with Gasteiger partial charge in [-0.2, -0.15) is 4.98 Å². The van der Waals surface area contributed by atoms with E-state index < -0.39 is 0 Å². The first-order chi connectivity index (χ1) is 10.2. The fraction of sp³-hybridized carbons (Fsp3) is 0.786. The number of nitrogen functional groups attached to an aromatic ring is 1. The molecule has 2 atom stereocenters. The number of anilines is 1. The van der Waals surface area contributed by atoms with Crippen molar-refractivity contribution in [2.24, 2.45) is 17.8 Å². The van der Waals surface area contributed by atoms with Gasteiger partial charge in [-0.3, -0.25) is 4.79 Å². The number of amides is 1. The molecule has 0 aromatic carbocycles. The van der Waals surface area contributed by atoms with Gasteiger partial charge < -0.3 is 10.6 Å². The second-order valence-electron chi connectivity index (χ2n) is 6.77. The van der Waals surface area contributed by atoms with Crippen molar-refractivity contribution in [1.29, 1.82) is 0 Å². The number of carbonyl (C=O) groups is 1. The third kappa shape index (κ3) is 2.63. The van der Waals surface area contributed by atoms with E-state index in [0.717, 1.165) is 24.3 Å². The van der Waals surface area contributed by atoms with E-state index in [0.29, 0.717) is 22.9 Å². The van der Waals surface area contributed by atoms with E-state index in [1.165, 1.54) is 43.9 Å². The second-order valence-corrected chi connectivity index (χ2v) is 7.71. The van der Waals surface area contributed by atoms with E-state index in [1.54, 1.807) is 0 Å². The van der Waals surface area contributed by atoms with Crippen molar-refractivity contribution in [3.63, 3.8) is 0 Å². The van der Waals surface area contributed by atoms with Gasteiger partial charge in [0, 0.05) is 12.6 Å². The average Bonchev–Trinajstić information content (AvgIpc) is 2.76. The molecule has 4 fully saturated rings. The quantitative estimate of drug-likeness (QED) is 0.827. The number of fused-ring (bicyclic) bond motifs is 1. The highest BCUT2D eigenvalue weighted by Crippen LogP contribution is 2.47. The summed E-state index contributed by atoms with van der Waals surface area (Å²) in [7, 11) is 0. The van der Waals surface area contributed by atoms with Gasteiger partial charge >= 0.3 is 0 Å². The van der Waals surface area contributed by atoms with E-state index in [4.69, 9.17) is 5.73 Å². The largest absolute Gasteiger partial charge is 0.368 e. The molecule has 1 amide bonds. The Hall–Kier alpha value is -1.24. The number of hydrogen-bond acceptors (Lipinski definition) is 5. The molecule has 2 saturated heterocycles. The molecular formula is C14H21N5OS. The number of nitrogens with zero attached hydrogens (tertiary/aromatic N) is 3. The summed E-state index contributed by atoms with van der Waals surface area (Å²) in [6, 6.07) is 0.478. The Morgan fingerprint density at radius 3 is 2.62 bits per heavy atom. The van der Waals surface area contributed by atoms with Crippen LogP contribution in [-0.2, 0) is 4.79 Å². The molecule has 6 nitrogen and oxygen atoms in total. The molecule has 4 bridgehead atoms. The molecule has 2 aliphatic heterocycles. The lowest BCUT2D eigenvalue weighted by Gasteiger charge is -2.39.